The van der Waals surface area contributed by atoms with Gasteiger partial charge in [0.1, 0.15) is 11.8 Å². The van der Waals surface area contributed by atoms with Crippen LogP contribution in [0.5, 0.6) is 0 Å². The number of nitrogens with zero attached hydrogens (tertiary/aromatic N) is 2. The number of hydrogen-bond donors (Lipinski definition) is 2. The fourth-order valence-corrected chi connectivity index (χ4v) is 4.12. The minimum absolute atomic E-state index is 0.167. The number of carbonyl (C=O) groups is 1. The number of pyridine rings is 1. The van der Waals surface area contributed by atoms with Crippen molar-refractivity contribution in [3.63, 3.8) is 0 Å². The third-order valence-electron chi connectivity index (χ3n) is 5.76. The summed E-state index contributed by atoms with van der Waals surface area (Å²) in [5.41, 5.74) is 6.73. The number of aromatic nitrogens is 2. The van der Waals surface area contributed by atoms with Crippen molar-refractivity contribution in [1.82, 2.24) is 9.38 Å². The molecular weight excluding hydrogens is 388 g/mol. The van der Waals surface area contributed by atoms with Gasteiger partial charge in [0, 0.05) is 5.69 Å². The number of benzene rings is 2. The molecule has 0 aliphatic heterocycles. The molecule has 5 heteroatoms. The van der Waals surface area contributed by atoms with Crippen LogP contribution in [0.25, 0.3) is 16.8 Å². The second kappa shape index (κ2) is 8.36. The summed E-state index contributed by atoms with van der Waals surface area (Å²) in [6, 6.07) is 18.4. The van der Waals surface area contributed by atoms with Gasteiger partial charge in [-0.3, -0.25) is 4.40 Å². The van der Waals surface area contributed by atoms with Gasteiger partial charge in [-0.2, -0.15) is 0 Å². The number of carboxylic acids is 1. The largest absolute Gasteiger partial charge is 0.478 e. The van der Waals surface area contributed by atoms with E-state index >= 15 is 0 Å². The molecule has 4 rings (SSSR count). The van der Waals surface area contributed by atoms with E-state index in [0.717, 1.165) is 41.0 Å². The van der Waals surface area contributed by atoms with Crippen molar-refractivity contribution in [3.8, 4) is 11.1 Å². The molecule has 0 fully saturated rings. The minimum Gasteiger partial charge on any atom is -0.478 e. The Balaban J connectivity index is 1.84. The second-order valence-corrected chi connectivity index (χ2v) is 7.87. The van der Waals surface area contributed by atoms with Crippen LogP contribution in [0.2, 0.25) is 0 Å². The average molecular weight is 415 g/mol. The van der Waals surface area contributed by atoms with Crippen molar-refractivity contribution < 1.29 is 15.0 Å². The lowest BCUT2D eigenvalue weighted by molar-refractivity contribution is 0.0697. The van der Waals surface area contributed by atoms with Crippen LogP contribution in [-0.4, -0.2) is 25.6 Å². The minimum atomic E-state index is -1.02. The van der Waals surface area contributed by atoms with E-state index in [4.69, 9.17) is 4.98 Å². The standard InChI is InChI=1S/C26H26N2O3/c1-4-8-22-17(3)28-23(14-11-16(2)25(28)27-22)24(29)19-12-13-20(21(15-19)26(30)31)18-9-6-5-7-10-18/h5-7,9-15,24,29H,4,8H2,1-3H3,(H,30,31). The lowest BCUT2D eigenvalue weighted by Crippen LogP contribution is -2.10. The first-order chi connectivity index (χ1) is 14.9. The van der Waals surface area contributed by atoms with Crippen LogP contribution < -0.4 is 0 Å². The lowest BCUT2D eigenvalue weighted by atomic mass is 9.95. The van der Waals surface area contributed by atoms with E-state index in [-0.39, 0.29) is 5.56 Å². The molecule has 4 aromatic rings. The molecule has 2 aromatic heterocycles. The van der Waals surface area contributed by atoms with Crippen LogP contribution in [0.4, 0.5) is 0 Å². The molecule has 0 aliphatic rings. The van der Waals surface area contributed by atoms with Crippen LogP contribution in [0, 0.1) is 13.8 Å². The van der Waals surface area contributed by atoms with Gasteiger partial charge in [0.05, 0.1) is 17.0 Å². The van der Waals surface area contributed by atoms with Crippen molar-refractivity contribution in [2.45, 2.75) is 39.7 Å². The van der Waals surface area contributed by atoms with E-state index in [0.29, 0.717) is 16.8 Å². The van der Waals surface area contributed by atoms with E-state index < -0.39 is 12.1 Å². The van der Waals surface area contributed by atoms with Crippen LogP contribution in [-0.2, 0) is 6.42 Å². The molecule has 1 unspecified atom stereocenters. The highest BCUT2D eigenvalue weighted by atomic mass is 16.4. The summed E-state index contributed by atoms with van der Waals surface area (Å²) in [5, 5.41) is 21.1. The van der Waals surface area contributed by atoms with E-state index in [1.165, 1.54) is 0 Å². The topological polar surface area (TPSA) is 74.8 Å². The number of hydrogen-bond acceptors (Lipinski definition) is 3. The van der Waals surface area contributed by atoms with Crippen molar-refractivity contribution in [1.29, 1.82) is 0 Å². The maximum Gasteiger partial charge on any atom is 0.336 e. The molecule has 0 saturated heterocycles. The molecule has 5 nitrogen and oxygen atoms in total. The van der Waals surface area contributed by atoms with E-state index in [1.807, 2.05) is 60.7 Å². The number of carboxylic acid groups (broad SMARTS) is 1. The Bertz CT molecular complexity index is 1260. The molecule has 2 N–H and O–H groups in total. The van der Waals surface area contributed by atoms with Gasteiger partial charge in [0.25, 0.3) is 0 Å². The van der Waals surface area contributed by atoms with Crippen LogP contribution >= 0.6 is 0 Å². The molecule has 0 radical (unpaired) electrons. The Labute approximate surface area is 181 Å². The first-order valence-electron chi connectivity index (χ1n) is 10.5. The highest BCUT2D eigenvalue weighted by molar-refractivity contribution is 5.96. The Hall–Kier alpha value is -3.44. The fraction of sp³-hybridized carbons (Fsp3) is 0.231. The summed E-state index contributed by atoms with van der Waals surface area (Å²) in [5.74, 6) is -1.02. The van der Waals surface area contributed by atoms with Crippen LogP contribution in [0.15, 0.2) is 60.7 Å². The lowest BCUT2D eigenvalue weighted by Gasteiger charge is -2.17. The maximum atomic E-state index is 12.0. The van der Waals surface area contributed by atoms with Gasteiger partial charge in [-0.1, -0.05) is 61.9 Å². The number of fused-ring (bicyclic) bond motifs is 1. The van der Waals surface area contributed by atoms with Crippen LogP contribution in [0.1, 0.15) is 58.0 Å². The average Bonchev–Trinajstić information content (AvgIpc) is 3.11. The molecule has 0 spiro atoms. The molecule has 0 bridgehead atoms. The van der Waals surface area contributed by atoms with Gasteiger partial charge in [-0.25, -0.2) is 9.78 Å². The number of rotatable bonds is 6. The molecule has 0 amide bonds. The van der Waals surface area contributed by atoms with E-state index in [2.05, 4.69) is 6.92 Å². The van der Waals surface area contributed by atoms with Gasteiger partial charge in [-0.15, -0.1) is 0 Å². The predicted octanol–water partition coefficient (Wildman–Crippen LogP) is 5.35. The molecule has 0 aliphatic carbocycles. The number of aryl methyl sites for hydroxylation is 3. The van der Waals surface area contributed by atoms with Crippen molar-refractivity contribution >= 4 is 11.6 Å². The monoisotopic (exact) mass is 414 g/mol. The maximum absolute atomic E-state index is 12.0. The van der Waals surface area contributed by atoms with E-state index in [9.17, 15) is 15.0 Å². The molecule has 1 atom stereocenters. The van der Waals surface area contributed by atoms with Gasteiger partial charge >= 0.3 is 5.97 Å². The zero-order chi connectivity index (χ0) is 22.1. The molecule has 2 aromatic carbocycles. The van der Waals surface area contributed by atoms with Gasteiger partial charge in [-0.05, 0) is 54.7 Å². The van der Waals surface area contributed by atoms with Gasteiger partial charge in [0.15, 0.2) is 0 Å². The normalized spacial score (nSPS) is 12.3. The van der Waals surface area contributed by atoms with Crippen molar-refractivity contribution in [3.05, 3.63) is 94.4 Å². The summed E-state index contributed by atoms with van der Waals surface area (Å²) < 4.78 is 2.00. The summed E-state index contributed by atoms with van der Waals surface area (Å²) in [6.07, 6.45) is 0.885. The quantitative estimate of drug-likeness (QED) is 0.446. The van der Waals surface area contributed by atoms with E-state index in [1.54, 1.807) is 18.2 Å². The van der Waals surface area contributed by atoms with Gasteiger partial charge < -0.3 is 10.2 Å². The van der Waals surface area contributed by atoms with Crippen LogP contribution in [0.3, 0.4) is 0 Å². The summed E-state index contributed by atoms with van der Waals surface area (Å²) in [7, 11) is 0. The summed E-state index contributed by atoms with van der Waals surface area (Å²) in [4.78, 5) is 16.8. The Morgan fingerprint density at radius 3 is 2.48 bits per heavy atom. The second-order valence-electron chi connectivity index (χ2n) is 7.87. The number of imidazole rings is 1. The third kappa shape index (κ3) is 3.73. The zero-order valence-electron chi connectivity index (χ0n) is 18.0. The molecule has 2 heterocycles. The van der Waals surface area contributed by atoms with Crippen molar-refractivity contribution in [2.24, 2.45) is 0 Å². The Kier molecular flexibility index (Phi) is 5.61. The highest BCUT2D eigenvalue weighted by Crippen LogP contribution is 2.31. The summed E-state index contributed by atoms with van der Waals surface area (Å²) >= 11 is 0. The molecule has 158 valence electrons. The third-order valence-corrected chi connectivity index (χ3v) is 5.76. The number of aromatic carboxylic acids is 1. The molecule has 31 heavy (non-hydrogen) atoms. The number of aliphatic hydroxyl groups is 1. The fourth-order valence-electron chi connectivity index (χ4n) is 4.12. The summed E-state index contributed by atoms with van der Waals surface area (Å²) in [6.45, 7) is 6.14. The molecule has 0 saturated carbocycles. The van der Waals surface area contributed by atoms with Gasteiger partial charge in [0.2, 0.25) is 0 Å². The zero-order valence-corrected chi connectivity index (χ0v) is 18.0. The number of aliphatic hydroxyl groups excluding tert-OH is 1. The predicted molar refractivity (Wildman–Crippen MR) is 122 cm³/mol. The first kappa shape index (κ1) is 20.8. The first-order valence-corrected chi connectivity index (χ1v) is 10.5. The Morgan fingerprint density at radius 2 is 1.81 bits per heavy atom. The van der Waals surface area contributed by atoms with Crippen molar-refractivity contribution in [2.75, 3.05) is 0 Å². The SMILES string of the molecule is CCCc1nc2c(C)ccc(C(O)c3ccc(-c4ccccc4)c(C(=O)O)c3)n2c1C. The Morgan fingerprint density at radius 1 is 1.06 bits per heavy atom. The highest BCUT2D eigenvalue weighted by Gasteiger charge is 2.21. The molecular formula is C26H26N2O3. The smallest absolute Gasteiger partial charge is 0.336 e.